The van der Waals surface area contributed by atoms with Crippen LogP contribution in [0, 0.1) is 81.0 Å². The molecule has 4 aliphatic carbocycles. The van der Waals surface area contributed by atoms with E-state index in [0.29, 0.717) is 0 Å². The summed E-state index contributed by atoms with van der Waals surface area (Å²) in [5.74, 6) is 9.67. The molecule has 0 atom stereocenters. The number of rotatable bonds is 2. The number of hydrogen-bond donors (Lipinski definition) is 0. The van der Waals surface area contributed by atoms with Crippen LogP contribution in [-0.2, 0) is 26.2 Å². The molecule has 0 unspecified atom stereocenters. The normalized spacial score (nSPS) is 25.4. The smallest absolute Gasteiger partial charge is 0.358 e. The number of fused-ring (bicyclic) bond motifs is 3. The second kappa shape index (κ2) is 8.69. The zero-order valence-electron chi connectivity index (χ0n) is 15.9. The van der Waals surface area contributed by atoms with Crippen molar-refractivity contribution in [2.45, 2.75) is 20.8 Å². The molecule has 10 radical (unpaired) electrons. The summed E-state index contributed by atoms with van der Waals surface area (Å²) in [6.45, 7) is 6.85. The fourth-order valence-electron chi connectivity index (χ4n) is 3.79. The average Bonchev–Trinajstić information content (AvgIpc) is 3.09. The fraction of sp³-hybridized carbons (Fsp3) is 0.167. The summed E-state index contributed by atoms with van der Waals surface area (Å²) in [4.78, 5) is 0. The summed E-state index contributed by atoms with van der Waals surface area (Å²) in [5.41, 5.74) is -0.00301. The van der Waals surface area contributed by atoms with E-state index in [1.54, 1.807) is 0 Å². The molecule has 0 saturated heterocycles. The number of allylic oxidation sites excluding steroid dienone is 8. The first-order valence-corrected chi connectivity index (χ1v) is 7.89. The molecule has 4 rings (SSSR count). The molecule has 1 heteroatoms. The van der Waals surface area contributed by atoms with E-state index < -0.39 is 0 Å². The Balaban J connectivity index is 0.00000104. The van der Waals surface area contributed by atoms with Gasteiger partial charge in [-0.1, -0.05) is 69.4 Å². The van der Waals surface area contributed by atoms with Crippen molar-refractivity contribution >= 4 is 0 Å². The van der Waals surface area contributed by atoms with Crippen molar-refractivity contribution in [3.63, 3.8) is 0 Å². The standard InChI is InChI=1S/C22H20.2CH3.Zr/c1-15-12-13-16(14-15)22(2,3)21-19-10-6-4-8-17(19)18-9-5-7-11-20(18)21;;;/h4-14H,1-3H3;2*1H3;/q;2*-1;+4. The topological polar surface area (TPSA) is 0 Å². The molecule has 2 fully saturated rings. The van der Waals surface area contributed by atoms with Crippen LogP contribution in [0.2, 0.25) is 0 Å². The Labute approximate surface area is 176 Å². The van der Waals surface area contributed by atoms with Crippen molar-refractivity contribution in [3.8, 4) is 0 Å². The summed E-state index contributed by atoms with van der Waals surface area (Å²) in [6.07, 6.45) is 24.4. The molecule has 0 N–H and O–H groups in total. The monoisotopic (exact) mass is 404 g/mol. The first-order valence-electron chi connectivity index (χ1n) is 7.89. The van der Waals surface area contributed by atoms with Crippen LogP contribution in [0.3, 0.4) is 0 Å². The van der Waals surface area contributed by atoms with Crippen molar-refractivity contribution in [2.75, 3.05) is 0 Å². The largest absolute Gasteiger partial charge is 4.00 e. The van der Waals surface area contributed by atoms with Crippen molar-refractivity contribution in [3.05, 3.63) is 124 Å². The Hall–Kier alpha value is -0.157. The Morgan fingerprint density at radius 1 is 0.680 bits per heavy atom. The van der Waals surface area contributed by atoms with Crippen LogP contribution in [-0.4, -0.2) is 0 Å². The predicted molar refractivity (Wildman–Crippen MR) is 104 cm³/mol. The second-order valence-electron chi connectivity index (χ2n) is 6.77. The van der Waals surface area contributed by atoms with E-state index in [1.165, 1.54) is 41.4 Å². The third kappa shape index (κ3) is 3.78. The van der Waals surface area contributed by atoms with E-state index in [-0.39, 0.29) is 46.5 Å². The van der Waals surface area contributed by atoms with Crippen LogP contribution in [0.4, 0.5) is 0 Å². The first kappa shape index (κ1) is 22.9. The molecular weight excluding hydrogens is 379 g/mol. The van der Waals surface area contributed by atoms with Gasteiger partial charge < -0.3 is 14.9 Å². The summed E-state index contributed by atoms with van der Waals surface area (Å²) in [5, 5.41) is 0. The molecule has 0 aromatic rings. The van der Waals surface area contributed by atoms with Crippen LogP contribution in [0.5, 0.6) is 0 Å². The van der Waals surface area contributed by atoms with Crippen molar-refractivity contribution < 1.29 is 26.2 Å². The molecule has 0 aromatic carbocycles. The van der Waals surface area contributed by atoms with Gasteiger partial charge in [0.2, 0.25) is 0 Å². The molecule has 0 aromatic heterocycles. The Bertz CT molecular complexity index is 516. The van der Waals surface area contributed by atoms with E-state index in [2.05, 4.69) is 88.6 Å². The van der Waals surface area contributed by atoms with Crippen LogP contribution in [0.25, 0.3) is 0 Å². The van der Waals surface area contributed by atoms with Gasteiger partial charge in [0.05, 0.1) is 0 Å². The minimum absolute atomic E-state index is 0. The van der Waals surface area contributed by atoms with Crippen LogP contribution in [0.1, 0.15) is 20.8 Å². The van der Waals surface area contributed by atoms with Gasteiger partial charge in [0.25, 0.3) is 0 Å². The maximum atomic E-state index is 2.34. The van der Waals surface area contributed by atoms with Crippen LogP contribution < -0.4 is 0 Å². The molecule has 0 amide bonds. The molecule has 4 aliphatic rings. The maximum Gasteiger partial charge on any atom is 4.00 e. The summed E-state index contributed by atoms with van der Waals surface area (Å²) in [7, 11) is 0. The van der Waals surface area contributed by atoms with Gasteiger partial charge in [0, 0.05) is 29.6 Å². The molecule has 0 spiro atoms. The molecule has 0 heterocycles. The first-order chi connectivity index (χ1) is 10.6. The summed E-state index contributed by atoms with van der Waals surface area (Å²) >= 11 is 0. The van der Waals surface area contributed by atoms with Crippen LogP contribution in [0.15, 0.2) is 48.6 Å². The SMILES string of the molecule is C[C]1[CH][CH][C](C(C)(C)[C]2[C]3C=CC=C[C]3[C]3C=CC=C[C]32)[CH]1.[CH3-].[CH3-].[Zr+4]. The van der Waals surface area contributed by atoms with Gasteiger partial charge in [-0.3, -0.25) is 0 Å². The minimum Gasteiger partial charge on any atom is -0.358 e. The van der Waals surface area contributed by atoms with Crippen LogP contribution >= 0.6 is 0 Å². The molecule has 0 bridgehead atoms. The van der Waals surface area contributed by atoms with Gasteiger partial charge in [-0.15, -0.1) is 0 Å². The summed E-state index contributed by atoms with van der Waals surface area (Å²) in [6, 6.07) is 0. The van der Waals surface area contributed by atoms with E-state index >= 15 is 0 Å². The predicted octanol–water partition coefficient (Wildman–Crippen LogP) is 5.84. The Kier molecular flexibility index (Phi) is 7.95. The molecule has 25 heavy (non-hydrogen) atoms. The zero-order chi connectivity index (χ0) is 15.3. The molecule has 2 saturated carbocycles. The van der Waals surface area contributed by atoms with Crippen molar-refractivity contribution in [2.24, 2.45) is 5.41 Å². The molecule has 0 nitrogen and oxygen atoms in total. The maximum absolute atomic E-state index is 2.34. The van der Waals surface area contributed by atoms with Gasteiger partial charge >= 0.3 is 26.2 Å². The average molecular weight is 406 g/mol. The molecule has 0 aliphatic heterocycles. The van der Waals surface area contributed by atoms with Gasteiger partial charge in [-0.2, -0.15) is 0 Å². The third-order valence-corrected chi connectivity index (χ3v) is 4.94. The second-order valence-corrected chi connectivity index (χ2v) is 6.77. The van der Waals surface area contributed by atoms with Gasteiger partial charge in [-0.05, 0) is 36.5 Å². The van der Waals surface area contributed by atoms with E-state index in [1.807, 2.05) is 0 Å². The van der Waals surface area contributed by atoms with Crippen molar-refractivity contribution in [1.82, 2.24) is 0 Å². The van der Waals surface area contributed by atoms with E-state index in [9.17, 15) is 0 Å². The van der Waals surface area contributed by atoms with Gasteiger partial charge in [-0.25, -0.2) is 0 Å². The van der Waals surface area contributed by atoms with Crippen molar-refractivity contribution in [1.29, 1.82) is 0 Å². The fourth-order valence-corrected chi connectivity index (χ4v) is 3.79. The minimum atomic E-state index is -0.00301. The Morgan fingerprint density at radius 3 is 1.52 bits per heavy atom. The quantitative estimate of drug-likeness (QED) is 0.506. The Morgan fingerprint density at radius 2 is 1.12 bits per heavy atom. The van der Waals surface area contributed by atoms with E-state index in [4.69, 9.17) is 0 Å². The molecule has 124 valence electrons. The summed E-state index contributed by atoms with van der Waals surface area (Å²) < 4.78 is 0. The van der Waals surface area contributed by atoms with Gasteiger partial charge in [0.15, 0.2) is 0 Å². The number of hydrogen-bond acceptors (Lipinski definition) is 0. The molecular formula is C24H26Zr+2. The zero-order valence-corrected chi connectivity index (χ0v) is 18.3. The third-order valence-electron chi connectivity index (χ3n) is 4.94. The van der Waals surface area contributed by atoms with Gasteiger partial charge in [0.1, 0.15) is 0 Å². The van der Waals surface area contributed by atoms with E-state index in [0.717, 1.165) is 0 Å².